The van der Waals surface area contributed by atoms with Gasteiger partial charge in [-0.3, -0.25) is 14.0 Å². The van der Waals surface area contributed by atoms with Crippen LogP contribution in [0.3, 0.4) is 0 Å². The second-order valence-corrected chi connectivity index (χ2v) is 10.5. The molecule has 1 amide bonds. The average molecular weight is 581 g/mol. The third kappa shape index (κ3) is 6.43. The first kappa shape index (κ1) is 29.2. The fourth-order valence-electron chi connectivity index (χ4n) is 5.57. The van der Waals surface area contributed by atoms with E-state index >= 15 is 0 Å². The number of carbonyl (C=O) groups is 2. The van der Waals surface area contributed by atoms with Gasteiger partial charge in [0.05, 0.1) is 12.2 Å². The van der Waals surface area contributed by atoms with Gasteiger partial charge in [-0.15, -0.1) is 0 Å². The number of halogens is 3. The van der Waals surface area contributed by atoms with Gasteiger partial charge in [0.2, 0.25) is 0 Å². The molecule has 2 atom stereocenters. The summed E-state index contributed by atoms with van der Waals surface area (Å²) in [6.45, 7) is 0.429. The quantitative estimate of drug-likeness (QED) is 0.252. The number of hydrogen-bond acceptors (Lipinski definition) is 7. The summed E-state index contributed by atoms with van der Waals surface area (Å²) >= 11 is 0. The molecule has 4 aromatic rings. The van der Waals surface area contributed by atoms with E-state index in [-0.39, 0.29) is 29.0 Å². The molecule has 1 saturated carbocycles. The van der Waals surface area contributed by atoms with Gasteiger partial charge >= 0.3 is 6.18 Å². The lowest BCUT2D eigenvalue weighted by molar-refractivity contribution is -0.137. The van der Waals surface area contributed by atoms with Crippen molar-refractivity contribution in [1.29, 1.82) is 0 Å². The Hall–Kier alpha value is -4.32. The van der Waals surface area contributed by atoms with Crippen LogP contribution in [0.4, 0.5) is 24.8 Å². The zero-order valence-corrected chi connectivity index (χ0v) is 23.0. The Kier molecular flexibility index (Phi) is 8.53. The minimum absolute atomic E-state index is 0.132. The van der Waals surface area contributed by atoms with Gasteiger partial charge in [0.1, 0.15) is 34.5 Å². The molecule has 1 aliphatic rings. The lowest BCUT2D eigenvalue weighted by atomic mass is 9.78. The Labute approximate surface area is 240 Å². The van der Waals surface area contributed by atoms with Gasteiger partial charge in [-0.25, -0.2) is 15.0 Å². The van der Waals surface area contributed by atoms with Crippen molar-refractivity contribution in [2.24, 2.45) is 5.92 Å². The molecule has 42 heavy (non-hydrogen) atoms. The predicted octanol–water partition coefficient (Wildman–Crippen LogP) is 5.91. The molecule has 220 valence electrons. The number of anilines is 2. The SMILES string of the molecule is COCCC(=O)C[C@@H]1CCC[C@@H](c2nc(-c3ccc(C(=O)Nc4cc(C(F)(F)F)ccn4)cc3)c3c(N)nccn23)C1. The third-order valence-electron chi connectivity index (χ3n) is 7.61. The van der Waals surface area contributed by atoms with Crippen molar-refractivity contribution in [3.8, 4) is 11.3 Å². The lowest BCUT2D eigenvalue weighted by Crippen LogP contribution is -2.19. The fourth-order valence-corrected chi connectivity index (χ4v) is 5.57. The largest absolute Gasteiger partial charge is 0.416 e. The summed E-state index contributed by atoms with van der Waals surface area (Å²) in [5.41, 5.74) is 7.60. The number of imidazole rings is 1. The van der Waals surface area contributed by atoms with Crippen molar-refractivity contribution in [3.63, 3.8) is 0 Å². The van der Waals surface area contributed by atoms with Crippen molar-refractivity contribution in [3.05, 3.63) is 71.9 Å². The molecule has 9 nitrogen and oxygen atoms in total. The van der Waals surface area contributed by atoms with E-state index in [9.17, 15) is 22.8 Å². The molecule has 3 N–H and O–H groups in total. The molecular formula is C30H31F3N6O3. The van der Waals surface area contributed by atoms with Crippen LogP contribution in [-0.2, 0) is 15.7 Å². The van der Waals surface area contributed by atoms with E-state index in [2.05, 4.69) is 15.3 Å². The number of methoxy groups -OCH3 is 1. The Morgan fingerprint density at radius 3 is 2.64 bits per heavy atom. The smallest absolute Gasteiger partial charge is 0.384 e. The number of rotatable bonds is 9. The number of amides is 1. The number of nitrogen functional groups attached to an aromatic ring is 1. The van der Waals surface area contributed by atoms with Crippen LogP contribution >= 0.6 is 0 Å². The summed E-state index contributed by atoms with van der Waals surface area (Å²) < 4.78 is 46.1. The molecule has 0 radical (unpaired) electrons. The van der Waals surface area contributed by atoms with Gasteiger partial charge in [-0.1, -0.05) is 18.6 Å². The van der Waals surface area contributed by atoms with Gasteiger partial charge in [0.15, 0.2) is 0 Å². The molecule has 1 aromatic carbocycles. The molecular weight excluding hydrogens is 549 g/mol. The van der Waals surface area contributed by atoms with Crippen LogP contribution in [0.5, 0.6) is 0 Å². The molecule has 3 heterocycles. The Balaban J connectivity index is 1.37. The van der Waals surface area contributed by atoms with Crippen LogP contribution in [-0.4, -0.2) is 44.8 Å². The monoisotopic (exact) mass is 580 g/mol. The highest BCUT2D eigenvalue weighted by atomic mass is 19.4. The van der Waals surface area contributed by atoms with E-state index < -0.39 is 17.6 Å². The number of aromatic nitrogens is 4. The third-order valence-corrected chi connectivity index (χ3v) is 7.61. The lowest BCUT2D eigenvalue weighted by Gasteiger charge is -2.28. The summed E-state index contributed by atoms with van der Waals surface area (Å²) in [7, 11) is 1.59. The first-order chi connectivity index (χ1) is 20.1. The van der Waals surface area contributed by atoms with Gasteiger partial charge in [-0.05, 0) is 49.4 Å². The second kappa shape index (κ2) is 12.3. The topological polar surface area (TPSA) is 124 Å². The van der Waals surface area contributed by atoms with Crippen LogP contribution in [0, 0.1) is 5.92 Å². The maximum Gasteiger partial charge on any atom is 0.416 e. The highest BCUT2D eigenvalue weighted by molar-refractivity contribution is 6.04. The minimum Gasteiger partial charge on any atom is -0.384 e. The van der Waals surface area contributed by atoms with E-state index in [1.54, 1.807) is 37.6 Å². The number of nitrogens with two attached hydrogens (primary N) is 1. The summed E-state index contributed by atoms with van der Waals surface area (Å²) in [5.74, 6) is 0.968. The number of ether oxygens (including phenoxy) is 1. The minimum atomic E-state index is -4.55. The van der Waals surface area contributed by atoms with Crippen molar-refractivity contribution in [2.45, 2.75) is 50.6 Å². The van der Waals surface area contributed by atoms with E-state index in [0.717, 1.165) is 49.8 Å². The van der Waals surface area contributed by atoms with Crippen molar-refractivity contribution in [1.82, 2.24) is 19.4 Å². The number of benzene rings is 1. The molecule has 3 aromatic heterocycles. The Morgan fingerprint density at radius 2 is 1.90 bits per heavy atom. The Morgan fingerprint density at radius 1 is 1.12 bits per heavy atom. The van der Waals surface area contributed by atoms with Crippen LogP contribution in [0.2, 0.25) is 0 Å². The molecule has 0 spiro atoms. The number of hydrogen-bond donors (Lipinski definition) is 2. The van der Waals surface area contributed by atoms with E-state index in [1.807, 2.05) is 10.6 Å². The highest BCUT2D eigenvalue weighted by Crippen LogP contribution is 2.40. The maximum atomic E-state index is 13.0. The summed E-state index contributed by atoms with van der Waals surface area (Å²) in [4.78, 5) is 38.2. The van der Waals surface area contributed by atoms with Gasteiger partial charge in [-0.2, -0.15) is 13.2 Å². The molecule has 0 unspecified atom stereocenters. The summed E-state index contributed by atoms with van der Waals surface area (Å²) in [6, 6.07) is 8.18. The van der Waals surface area contributed by atoms with Crippen LogP contribution in [0.15, 0.2) is 55.0 Å². The predicted molar refractivity (Wildman–Crippen MR) is 151 cm³/mol. The van der Waals surface area contributed by atoms with Gasteiger partial charge in [0.25, 0.3) is 5.91 Å². The number of ketones is 1. The molecule has 0 saturated heterocycles. The van der Waals surface area contributed by atoms with Crippen LogP contribution in [0.25, 0.3) is 16.8 Å². The van der Waals surface area contributed by atoms with Crippen LogP contribution < -0.4 is 11.1 Å². The number of nitrogens with zero attached hydrogens (tertiary/aromatic N) is 4. The number of fused-ring (bicyclic) bond motifs is 1. The first-order valence-electron chi connectivity index (χ1n) is 13.7. The normalized spacial score (nSPS) is 17.3. The standard InChI is InChI=1S/C30H31F3N6O3/c1-42-14-10-23(40)16-18-3-2-4-21(15-18)28-38-25(26-27(34)36-12-13-39(26)28)19-5-7-20(8-6-19)29(41)37-24-17-22(9-11-35-24)30(31,32)33/h5-9,11-13,17-18,21H,2-4,10,14-16H2,1H3,(H2,34,36)(H,35,37,41)/t18-,21-/m1/s1. The number of carbonyl (C=O) groups excluding carboxylic acids is 2. The number of alkyl halides is 3. The zero-order chi connectivity index (χ0) is 29.9. The summed E-state index contributed by atoms with van der Waals surface area (Å²) in [6.07, 6.45) is 4.60. The van der Waals surface area contributed by atoms with E-state index in [0.29, 0.717) is 42.0 Å². The molecule has 12 heteroatoms. The molecule has 5 rings (SSSR count). The number of nitrogens with one attached hydrogen (secondary N) is 1. The average Bonchev–Trinajstić information content (AvgIpc) is 3.37. The van der Waals surface area contributed by atoms with Gasteiger partial charge < -0.3 is 15.8 Å². The maximum absolute atomic E-state index is 13.0. The number of pyridine rings is 1. The van der Waals surface area contributed by atoms with Crippen molar-refractivity contribution in [2.75, 3.05) is 24.8 Å². The number of Topliss-reactive ketones (excluding diaryl/α,β-unsaturated/α-hetero) is 1. The van der Waals surface area contributed by atoms with Crippen molar-refractivity contribution < 1.29 is 27.5 Å². The first-order valence-corrected chi connectivity index (χ1v) is 13.7. The van der Waals surface area contributed by atoms with Gasteiger partial charge in [0, 0.05) is 55.6 Å². The van der Waals surface area contributed by atoms with E-state index in [1.165, 1.54) is 0 Å². The second-order valence-electron chi connectivity index (χ2n) is 10.5. The molecule has 1 aliphatic carbocycles. The highest BCUT2D eigenvalue weighted by Gasteiger charge is 2.31. The molecule has 0 bridgehead atoms. The van der Waals surface area contributed by atoms with Crippen molar-refractivity contribution >= 4 is 28.8 Å². The van der Waals surface area contributed by atoms with Crippen LogP contribution in [0.1, 0.15) is 66.2 Å². The zero-order valence-electron chi connectivity index (χ0n) is 23.0. The molecule has 1 fully saturated rings. The van der Waals surface area contributed by atoms with E-state index in [4.69, 9.17) is 15.5 Å². The molecule has 0 aliphatic heterocycles. The summed E-state index contributed by atoms with van der Waals surface area (Å²) in [5, 5.41) is 2.41. The fraction of sp³-hybridized carbons (Fsp3) is 0.367. The Bertz CT molecular complexity index is 1590.